The molecule has 0 atom stereocenters. The van der Waals surface area contributed by atoms with Crippen LogP contribution in [0.25, 0.3) is 11.3 Å². The van der Waals surface area contributed by atoms with Gasteiger partial charge in [0, 0.05) is 43.0 Å². The fraction of sp³-hybridized carbons (Fsp3) is 0.640. The number of hydrogen-bond donors (Lipinski definition) is 1. The van der Waals surface area contributed by atoms with E-state index in [0.29, 0.717) is 24.4 Å². The molecule has 1 aliphatic rings. The van der Waals surface area contributed by atoms with Crippen molar-refractivity contribution in [3.8, 4) is 17.0 Å². The number of ether oxygens (including phenoxy) is 1. The molecule has 0 aromatic carbocycles. The summed E-state index contributed by atoms with van der Waals surface area (Å²) in [5, 5.41) is 7.12. The van der Waals surface area contributed by atoms with Crippen molar-refractivity contribution in [2.24, 2.45) is 17.8 Å². The molecular formula is C25H30F8N4O2. The summed E-state index contributed by atoms with van der Waals surface area (Å²) in [5.41, 5.74) is -0.482. The number of nitrogens with zero attached hydrogens (tertiary/aromatic N) is 3. The van der Waals surface area contributed by atoms with Crippen molar-refractivity contribution in [1.29, 1.82) is 0 Å². The van der Waals surface area contributed by atoms with E-state index in [1.807, 2.05) is 0 Å². The van der Waals surface area contributed by atoms with Crippen LogP contribution in [0.2, 0.25) is 0 Å². The monoisotopic (exact) mass is 570 g/mol. The molecule has 0 unspecified atom stereocenters. The van der Waals surface area contributed by atoms with E-state index in [1.54, 1.807) is 6.92 Å². The third-order valence-electron chi connectivity index (χ3n) is 6.99. The summed E-state index contributed by atoms with van der Waals surface area (Å²) in [6, 6.07) is 0.627. The van der Waals surface area contributed by atoms with Crippen molar-refractivity contribution in [3.05, 3.63) is 29.2 Å². The fourth-order valence-corrected chi connectivity index (χ4v) is 4.78. The Kier molecular flexibility index (Phi) is 9.47. The number of rotatable bonds is 9. The Morgan fingerprint density at radius 2 is 1.74 bits per heavy atom. The lowest BCUT2D eigenvalue weighted by atomic mass is 9.83. The normalized spacial score (nSPS) is 18.6. The van der Waals surface area contributed by atoms with Crippen LogP contribution in [-0.4, -0.2) is 46.2 Å². The van der Waals surface area contributed by atoms with Gasteiger partial charge in [-0.05, 0) is 38.5 Å². The van der Waals surface area contributed by atoms with Crippen LogP contribution >= 0.6 is 0 Å². The first-order chi connectivity index (χ1) is 18.1. The average molecular weight is 571 g/mol. The average Bonchev–Trinajstić information content (AvgIpc) is 3.16. The number of aryl methyl sites for hydroxylation is 1. The van der Waals surface area contributed by atoms with E-state index in [4.69, 9.17) is 0 Å². The lowest BCUT2D eigenvalue weighted by Crippen LogP contribution is -2.38. The molecule has 1 saturated carbocycles. The maximum Gasteiger partial charge on any atom is 0.400 e. The molecule has 2 aromatic rings. The highest BCUT2D eigenvalue weighted by atomic mass is 19.4. The number of nitrogens with one attached hydrogen (secondary N) is 1. The Balaban J connectivity index is 1.94. The minimum absolute atomic E-state index is 0.0114. The summed E-state index contributed by atoms with van der Waals surface area (Å²) in [6.07, 6.45) is -7.93. The van der Waals surface area contributed by atoms with Crippen LogP contribution in [0.3, 0.4) is 0 Å². The van der Waals surface area contributed by atoms with Crippen molar-refractivity contribution in [3.63, 3.8) is 0 Å². The Morgan fingerprint density at radius 1 is 1.13 bits per heavy atom. The Morgan fingerprint density at radius 3 is 2.28 bits per heavy atom. The van der Waals surface area contributed by atoms with Crippen molar-refractivity contribution in [2.45, 2.75) is 78.4 Å². The van der Waals surface area contributed by atoms with E-state index in [1.165, 1.54) is 11.6 Å². The number of halogens is 8. The highest BCUT2D eigenvalue weighted by Gasteiger charge is 2.56. The molecule has 1 N–H and O–H groups in total. The van der Waals surface area contributed by atoms with E-state index in [0.717, 1.165) is 31.9 Å². The standard InChI is InChI=1S/C25H30F8N4O2/c1-4-37-21(14(3)20(36-37)22(38)35-11-15-7-5-13(2)6-8-15)17-12-34-16(9-18(17)39-23(26)27)10-19(24(28,29)30)25(31,32)33/h9,12-13,15,19,23H,4-8,10-11H2,1-3H3,(H,35,38). The van der Waals surface area contributed by atoms with Gasteiger partial charge in [-0.1, -0.05) is 19.8 Å². The molecule has 218 valence electrons. The number of carbonyl (C=O) groups is 1. The highest BCUT2D eigenvalue weighted by Crippen LogP contribution is 2.42. The smallest absolute Gasteiger partial charge is 0.400 e. The van der Waals surface area contributed by atoms with Crippen LogP contribution < -0.4 is 10.1 Å². The van der Waals surface area contributed by atoms with Gasteiger partial charge in [-0.25, -0.2) is 0 Å². The van der Waals surface area contributed by atoms with Gasteiger partial charge < -0.3 is 10.1 Å². The molecule has 14 heteroatoms. The van der Waals surface area contributed by atoms with Crippen LogP contribution in [-0.2, 0) is 13.0 Å². The molecule has 0 bridgehead atoms. The molecule has 3 rings (SSSR count). The second-order valence-electron chi connectivity index (χ2n) is 9.86. The van der Waals surface area contributed by atoms with Gasteiger partial charge in [0.1, 0.15) is 5.75 Å². The zero-order chi connectivity index (χ0) is 29.1. The minimum atomic E-state index is -5.63. The van der Waals surface area contributed by atoms with Gasteiger partial charge in [0.2, 0.25) is 0 Å². The molecule has 6 nitrogen and oxygen atoms in total. The molecule has 1 fully saturated rings. The number of aromatic nitrogens is 3. The second kappa shape index (κ2) is 12.1. The number of pyridine rings is 1. The summed E-state index contributed by atoms with van der Waals surface area (Å²) in [6.45, 7) is 2.52. The number of hydrogen-bond acceptors (Lipinski definition) is 4. The number of amides is 1. The third-order valence-corrected chi connectivity index (χ3v) is 6.99. The zero-order valence-corrected chi connectivity index (χ0v) is 21.6. The number of carbonyl (C=O) groups excluding carboxylic acids is 1. The van der Waals surface area contributed by atoms with Gasteiger partial charge in [0.15, 0.2) is 11.6 Å². The summed E-state index contributed by atoms with van der Waals surface area (Å²) in [4.78, 5) is 16.6. The van der Waals surface area contributed by atoms with Gasteiger partial charge >= 0.3 is 19.0 Å². The predicted octanol–water partition coefficient (Wildman–Crippen LogP) is 6.71. The molecule has 0 saturated heterocycles. The zero-order valence-electron chi connectivity index (χ0n) is 21.6. The SMILES string of the molecule is CCn1nc(C(=O)NCC2CCC(C)CC2)c(C)c1-c1cnc(CC(C(F)(F)F)C(F)(F)F)cc1OC(F)F. The molecule has 0 aliphatic heterocycles. The van der Waals surface area contributed by atoms with Gasteiger partial charge in [-0.15, -0.1) is 0 Å². The fourth-order valence-electron chi connectivity index (χ4n) is 4.78. The van der Waals surface area contributed by atoms with E-state index in [9.17, 15) is 39.9 Å². The third kappa shape index (κ3) is 7.59. The van der Waals surface area contributed by atoms with E-state index < -0.39 is 48.7 Å². The Labute approximate surface area is 220 Å². The molecule has 39 heavy (non-hydrogen) atoms. The van der Waals surface area contributed by atoms with Crippen molar-refractivity contribution >= 4 is 5.91 Å². The molecule has 1 amide bonds. The lowest BCUT2D eigenvalue weighted by Gasteiger charge is -2.26. The predicted molar refractivity (Wildman–Crippen MR) is 125 cm³/mol. The summed E-state index contributed by atoms with van der Waals surface area (Å²) < 4.78 is 110. The van der Waals surface area contributed by atoms with Gasteiger partial charge in [-0.2, -0.15) is 40.2 Å². The van der Waals surface area contributed by atoms with Gasteiger partial charge in [0.25, 0.3) is 5.91 Å². The van der Waals surface area contributed by atoms with Crippen molar-refractivity contribution < 1.29 is 44.7 Å². The topological polar surface area (TPSA) is 69.0 Å². The first-order valence-corrected chi connectivity index (χ1v) is 12.5. The molecule has 0 radical (unpaired) electrons. The molecule has 0 spiro atoms. The molecule has 2 heterocycles. The van der Waals surface area contributed by atoms with Crippen LogP contribution in [0, 0.1) is 24.7 Å². The van der Waals surface area contributed by atoms with Gasteiger partial charge in [0.05, 0.1) is 11.3 Å². The summed E-state index contributed by atoms with van der Waals surface area (Å²) in [5.74, 6) is -3.95. The first-order valence-electron chi connectivity index (χ1n) is 12.5. The molecule has 2 aromatic heterocycles. The Hall–Kier alpha value is -2.93. The number of alkyl halides is 8. The van der Waals surface area contributed by atoms with Crippen molar-refractivity contribution in [1.82, 2.24) is 20.1 Å². The van der Waals surface area contributed by atoms with Crippen LogP contribution in [0.15, 0.2) is 12.3 Å². The maximum atomic E-state index is 13.2. The Bertz CT molecular complexity index is 1120. The van der Waals surface area contributed by atoms with Crippen molar-refractivity contribution in [2.75, 3.05) is 6.54 Å². The second-order valence-corrected chi connectivity index (χ2v) is 9.86. The van der Waals surface area contributed by atoms with Crippen LogP contribution in [0.4, 0.5) is 35.1 Å². The highest BCUT2D eigenvalue weighted by molar-refractivity contribution is 5.95. The largest absolute Gasteiger partial charge is 0.434 e. The van der Waals surface area contributed by atoms with E-state index in [2.05, 4.69) is 27.1 Å². The molecular weight excluding hydrogens is 540 g/mol. The van der Waals surface area contributed by atoms with Crippen LogP contribution in [0.5, 0.6) is 5.75 Å². The van der Waals surface area contributed by atoms with Crippen LogP contribution in [0.1, 0.15) is 61.3 Å². The lowest BCUT2D eigenvalue weighted by molar-refractivity contribution is -0.283. The minimum Gasteiger partial charge on any atom is -0.434 e. The molecule has 1 aliphatic carbocycles. The van der Waals surface area contributed by atoms with E-state index in [-0.39, 0.29) is 29.1 Å². The first kappa shape index (κ1) is 30.6. The summed E-state index contributed by atoms with van der Waals surface area (Å²) in [7, 11) is 0. The summed E-state index contributed by atoms with van der Waals surface area (Å²) >= 11 is 0. The van der Waals surface area contributed by atoms with Gasteiger partial charge in [-0.3, -0.25) is 14.5 Å². The van der Waals surface area contributed by atoms with E-state index >= 15 is 0 Å². The quantitative estimate of drug-likeness (QED) is 0.340. The maximum absolute atomic E-state index is 13.2.